The molecule has 0 fully saturated rings. The zero-order valence-corrected chi connectivity index (χ0v) is 14.5. The summed E-state index contributed by atoms with van der Waals surface area (Å²) in [7, 11) is -3.76. The predicted octanol–water partition coefficient (Wildman–Crippen LogP) is 1.26. The first kappa shape index (κ1) is 17.8. The van der Waals surface area contributed by atoms with Crippen molar-refractivity contribution in [3.63, 3.8) is 0 Å². The monoisotopic (exact) mass is 372 g/mol. The summed E-state index contributed by atoms with van der Waals surface area (Å²) in [6.45, 7) is 0.324. The van der Waals surface area contributed by atoms with Crippen LogP contribution in [0.2, 0.25) is 0 Å². The zero-order chi connectivity index (χ0) is 18.6. The van der Waals surface area contributed by atoms with Gasteiger partial charge in [0.15, 0.2) is 11.5 Å². The number of hydrogen-bond acceptors (Lipinski definition) is 5. The number of amides is 1. The molecule has 0 spiro atoms. The van der Waals surface area contributed by atoms with Crippen LogP contribution in [-0.2, 0) is 16.6 Å². The van der Waals surface area contributed by atoms with Crippen LogP contribution in [0, 0.1) is 12.3 Å². The quantitative estimate of drug-likeness (QED) is 0.745. The van der Waals surface area contributed by atoms with Crippen LogP contribution in [0.15, 0.2) is 47.4 Å². The molecule has 2 aromatic rings. The topological polar surface area (TPSA) is 93.7 Å². The predicted molar refractivity (Wildman–Crippen MR) is 94.2 cm³/mol. The van der Waals surface area contributed by atoms with Crippen molar-refractivity contribution in [3.8, 4) is 23.8 Å². The fraction of sp³-hybridized carbons (Fsp3) is 0.167. The van der Waals surface area contributed by atoms with Gasteiger partial charge in [0.1, 0.15) is 0 Å². The van der Waals surface area contributed by atoms with E-state index in [-0.39, 0.29) is 30.3 Å². The van der Waals surface area contributed by atoms with E-state index in [4.69, 9.17) is 15.9 Å². The summed E-state index contributed by atoms with van der Waals surface area (Å²) in [5.41, 5.74) is 1.07. The Morgan fingerprint density at radius 1 is 1.15 bits per heavy atom. The van der Waals surface area contributed by atoms with E-state index >= 15 is 0 Å². The molecule has 0 radical (unpaired) electrons. The standard InChI is InChI=1S/C18H16N2O5S/c1-2-8-20-26(22,23)15-5-3-4-14(10-15)18(21)19-11-13-6-7-16-17(9-13)25-12-24-16/h1,3-7,9-10,20H,8,11-12H2,(H,19,21). The first-order valence-corrected chi connectivity index (χ1v) is 9.18. The number of carbonyl (C=O) groups is 1. The van der Waals surface area contributed by atoms with Crippen molar-refractivity contribution in [2.75, 3.05) is 13.3 Å². The molecule has 0 unspecified atom stereocenters. The van der Waals surface area contributed by atoms with Gasteiger partial charge in [-0.05, 0) is 35.9 Å². The molecule has 2 N–H and O–H groups in total. The second-order valence-electron chi connectivity index (χ2n) is 5.43. The Balaban J connectivity index is 1.68. The number of terminal acetylenes is 1. The molecule has 0 bridgehead atoms. The van der Waals surface area contributed by atoms with Crippen molar-refractivity contribution >= 4 is 15.9 Å². The molecule has 0 saturated carbocycles. The maximum atomic E-state index is 12.3. The summed E-state index contributed by atoms with van der Waals surface area (Å²) in [4.78, 5) is 12.3. The van der Waals surface area contributed by atoms with Gasteiger partial charge in [0.2, 0.25) is 16.8 Å². The zero-order valence-electron chi connectivity index (χ0n) is 13.7. The summed E-state index contributed by atoms with van der Waals surface area (Å²) in [5.74, 6) is 3.10. The molecule has 0 atom stereocenters. The van der Waals surface area contributed by atoms with Gasteiger partial charge >= 0.3 is 0 Å². The van der Waals surface area contributed by atoms with Crippen molar-refractivity contribution in [3.05, 3.63) is 53.6 Å². The van der Waals surface area contributed by atoms with Crippen molar-refractivity contribution in [1.82, 2.24) is 10.0 Å². The average Bonchev–Trinajstić information content (AvgIpc) is 3.12. The van der Waals surface area contributed by atoms with Gasteiger partial charge in [-0.3, -0.25) is 4.79 Å². The molecule has 1 aliphatic rings. The van der Waals surface area contributed by atoms with Crippen molar-refractivity contribution in [1.29, 1.82) is 0 Å². The largest absolute Gasteiger partial charge is 0.454 e. The summed E-state index contributed by atoms with van der Waals surface area (Å²) in [5, 5.41) is 2.75. The van der Waals surface area contributed by atoms with Crippen molar-refractivity contribution in [2.24, 2.45) is 0 Å². The molecule has 0 aromatic heterocycles. The Kier molecular flexibility index (Phi) is 5.11. The molecular formula is C18H16N2O5S. The summed E-state index contributed by atoms with van der Waals surface area (Å²) in [6, 6.07) is 11.1. The van der Waals surface area contributed by atoms with Crippen molar-refractivity contribution in [2.45, 2.75) is 11.4 Å². The number of benzene rings is 2. The lowest BCUT2D eigenvalue weighted by atomic mass is 10.2. The van der Waals surface area contributed by atoms with Gasteiger partial charge in [-0.2, -0.15) is 4.72 Å². The fourth-order valence-corrected chi connectivity index (χ4v) is 3.34. The first-order valence-electron chi connectivity index (χ1n) is 7.69. The molecule has 2 aromatic carbocycles. The van der Waals surface area contributed by atoms with Gasteiger partial charge in [-0.15, -0.1) is 6.42 Å². The average molecular weight is 372 g/mol. The highest BCUT2D eigenvalue weighted by atomic mass is 32.2. The lowest BCUT2D eigenvalue weighted by Gasteiger charge is -2.08. The summed E-state index contributed by atoms with van der Waals surface area (Å²) >= 11 is 0. The van der Waals surface area contributed by atoms with Gasteiger partial charge in [0.05, 0.1) is 11.4 Å². The Hall–Kier alpha value is -3.02. The van der Waals surface area contributed by atoms with Gasteiger partial charge in [-0.1, -0.05) is 18.1 Å². The van der Waals surface area contributed by atoms with Crippen LogP contribution in [0.3, 0.4) is 0 Å². The van der Waals surface area contributed by atoms with Gasteiger partial charge < -0.3 is 14.8 Å². The highest BCUT2D eigenvalue weighted by Gasteiger charge is 2.16. The Morgan fingerprint density at radius 3 is 2.77 bits per heavy atom. The molecule has 8 heteroatoms. The minimum absolute atomic E-state index is 0.0246. The van der Waals surface area contributed by atoms with E-state index in [9.17, 15) is 13.2 Å². The minimum atomic E-state index is -3.76. The van der Waals surface area contributed by atoms with E-state index in [1.54, 1.807) is 12.1 Å². The smallest absolute Gasteiger partial charge is 0.251 e. The van der Waals surface area contributed by atoms with Gasteiger partial charge in [-0.25, -0.2) is 8.42 Å². The molecular weight excluding hydrogens is 356 g/mol. The molecule has 134 valence electrons. The third-order valence-electron chi connectivity index (χ3n) is 3.66. The first-order chi connectivity index (χ1) is 12.5. The highest BCUT2D eigenvalue weighted by Crippen LogP contribution is 2.32. The lowest BCUT2D eigenvalue weighted by molar-refractivity contribution is 0.0950. The van der Waals surface area contributed by atoms with Crippen LogP contribution in [0.25, 0.3) is 0 Å². The lowest BCUT2D eigenvalue weighted by Crippen LogP contribution is -2.25. The van der Waals surface area contributed by atoms with Crippen LogP contribution >= 0.6 is 0 Å². The van der Waals surface area contributed by atoms with E-state index in [0.29, 0.717) is 11.5 Å². The number of rotatable bonds is 6. The summed E-state index contributed by atoms with van der Waals surface area (Å²) in [6.07, 6.45) is 5.06. The number of ether oxygens (including phenoxy) is 2. The number of fused-ring (bicyclic) bond motifs is 1. The minimum Gasteiger partial charge on any atom is -0.454 e. The Morgan fingerprint density at radius 2 is 1.96 bits per heavy atom. The number of carbonyl (C=O) groups excluding carboxylic acids is 1. The Labute approximate surface area is 151 Å². The molecule has 3 rings (SSSR count). The molecule has 7 nitrogen and oxygen atoms in total. The molecule has 26 heavy (non-hydrogen) atoms. The van der Waals surface area contributed by atoms with E-state index < -0.39 is 15.9 Å². The van der Waals surface area contributed by atoms with E-state index in [1.807, 2.05) is 6.07 Å². The summed E-state index contributed by atoms with van der Waals surface area (Å²) < 4.78 is 37.0. The maximum Gasteiger partial charge on any atom is 0.251 e. The van der Waals surface area contributed by atoms with Crippen LogP contribution in [0.1, 0.15) is 15.9 Å². The van der Waals surface area contributed by atoms with Crippen LogP contribution in [-0.4, -0.2) is 27.7 Å². The third kappa shape index (κ3) is 3.96. The normalized spacial score (nSPS) is 12.4. The van der Waals surface area contributed by atoms with Crippen LogP contribution in [0.5, 0.6) is 11.5 Å². The second-order valence-corrected chi connectivity index (χ2v) is 7.19. The van der Waals surface area contributed by atoms with Gasteiger partial charge in [0.25, 0.3) is 5.91 Å². The molecule has 0 aliphatic carbocycles. The van der Waals surface area contributed by atoms with E-state index in [0.717, 1.165) is 5.56 Å². The number of nitrogens with one attached hydrogen (secondary N) is 2. The van der Waals surface area contributed by atoms with E-state index in [1.165, 1.54) is 24.3 Å². The third-order valence-corrected chi connectivity index (χ3v) is 5.06. The van der Waals surface area contributed by atoms with Gasteiger partial charge in [0, 0.05) is 12.1 Å². The molecule has 1 heterocycles. The van der Waals surface area contributed by atoms with Crippen LogP contribution in [0.4, 0.5) is 0 Å². The Bertz CT molecular complexity index is 979. The van der Waals surface area contributed by atoms with E-state index in [2.05, 4.69) is 16.0 Å². The van der Waals surface area contributed by atoms with Crippen molar-refractivity contribution < 1.29 is 22.7 Å². The number of hydrogen-bond donors (Lipinski definition) is 2. The molecule has 0 saturated heterocycles. The number of sulfonamides is 1. The fourth-order valence-electron chi connectivity index (χ4n) is 2.36. The van der Waals surface area contributed by atoms with Crippen LogP contribution < -0.4 is 19.5 Å². The SMILES string of the molecule is C#CCNS(=O)(=O)c1cccc(C(=O)NCc2ccc3c(c2)OCO3)c1. The molecule has 1 aliphatic heterocycles. The maximum absolute atomic E-state index is 12.3. The molecule has 1 amide bonds. The second kappa shape index (κ2) is 7.47. The highest BCUT2D eigenvalue weighted by molar-refractivity contribution is 7.89.